The molecule has 0 unspecified atom stereocenters. The summed E-state index contributed by atoms with van der Waals surface area (Å²) in [7, 11) is 1.59. The summed E-state index contributed by atoms with van der Waals surface area (Å²) >= 11 is 14.2. The van der Waals surface area contributed by atoms with Crippen LogP contribution >= 0.6 is 23.2 Å². The molecule has 53 heavy (non-hydrogen) atoms. The van der Waals surface area contributed by atoms with Gasteiger partial charge < -0.3 is 20.3 Å². The van der Waals surface area contributed by atoms with Gasteiger partial charge in [0.25, 0.3) is 5.56 Å². The third kappa shape index (κ3) is 7.02. The zero-order valence-corrected chi connectivity index (χ0v) is 30.8. The molecule has 0 spiro atoms. The molecule has 2 aromatic carbocycles. The first kappa shape index (κ1) is 35.2. The van der Waals surface area contributed by atoms with Crippen LogP contribution in [-0.2, 0) is 22.7 Å². The average molecular weight is 753 g/mol. The highest BCUT2D eigenvalue weighted by Crippen LogP contribution is 2.42. The Morgan fingerprint density at radius 2 is 1.68 bits per heavy atom. The van der Waals surface area contributed by atoms with Crippen LogP contribution in [-0.4, -0.2) is 81.4 Å². The number of nitrogens with one attached hydrogen (secondary N) is 2. The van der Waals surface area contributed by atoms with E-state index in [1.54, 1.807) is 23.9 Å². The molecule has 0 aliphatic carbocycles. The predicted molar refractivity (Wildman–Crippen MR) is 205 cm³/mol. The van der Waals surface area contributed by atoms with Crippen LogP contribution in [0.15, 0.2) is 77.9 Å². The maximum Gasteiger partial charge on any atom is 0.262 e. The minimum atomic E-state index is -0.108. The average Bonchev–Trinajstić information content (AvgIpc) is 3.76. The van der Waals surface area contributed by atoms with Gasteiger partial charge in [-0.1, -0.05) is 65.7 Å². The highest BCUT2D eigenvalue weighted by Gasteiger charge is 2.35. The number of aromatic nitrogens is 3. The second kappa shape index (κ2) is 14.9. The minimum Gasteiger partial charge on any atom is -0.481 e. The van der Waals surface area contributed by atoms with Gasteiger partial charge in [0.1, 0.15) is 5.65 Å². The molecule has 8 rings (SSSR count). The Balaban J connectivity index is 1.02. The first-order valence-electron chi connectivity index (χ1n) is 17.9. The summed E-state index contributed by atoms with van der Waals surface area (Å²) in [6, 6.07) is 19.6. The molecule has 272 valence electrons. The van der Waals surface area contributed by atoms with Gasteiger partial charge in [-0.3, -0.25) is 23.7 Å². The number of amides is 2. The molecule has 3 aliphatic rings. The number of rotatable bonds is 10. The summed E-state index contributed by atoms with van der Waals surface area (Å²) in [5, 5.41) is 7.39. The molecule has 3 aliphatic heterocycles. The normalized spacial score (nSPS) is 18.8. The van der Waals surface area contributed by atoms with Gasteiger partial charge in [0.15, 0.2) is 0 Å². The van der Waals surface area contributed by atoms with E-state index in [1.165, 1.54) is 0 Å². The summed E-state index contributed by atoms with van der Waals surface area (Å²) in [5.41, 5.74) is 6.44. The van der Waals surface area contributed by atoms with Gasteiger partial charge in [-0.05, 0) is 36.6 Å². The van der Waals surface area contributed by atoms with Crippen LogP contribution in [0, 0.1) is 0 Å². The minimum absolute atomic E-state index is 0.0940. The van der Waals surface area contributed by atoms with Crippen molar-refractivity contribution >= 4 is 40.7 Å². The second-order valence-electron chi connectivity index (χ2n) is 13.9. The second-order valence-corrected chi connectivity index (χ2v) is 14.6. The number of fused-ring (bicyclic) bond motifs is 2. The van der Waals surface area contributed by atoms with Crippen molar-refractivity contribution in [3.8, 4) is 39.4 Å². The van der Waals surface area contributed by atoms with Gasteiger partial charge >= 0.3 is 0 Å². The molecule has 13 heteroatoms. The van der Waals surface area contributed by atoms with E-state index in [0.717, 1.165) is 59.3 Å². The molecule has 2 amide bonds. The Morgan fingerprint density at radius 1 is 0.906 bits per heavy atom. The predicted octanol–water partition coefficient (Wildman–Crippen LogP) is 5.58. The molecule has 3 saturated heterocycles. The molecule has 11 nitrogen and oxygen atoms in total. The Kier molecular flexibility index (Phi) is 9.91. The topological polar surface area (TPSA) is 121 Å². The zero-order valence-electron chi connectivity index (χ0n) is 29.3. The lowest BCUT2D eigenvalue weighted by molar-refractivity contribution is -0.130. The van der Waals surface area contributed by atoms with Crippen LogP contribution in [0.1, 0.15) is 36.8 Å². The van der Waals surface area contributed by atoms with E-state index in [2.05, 4.69) is 20.5 Å². The number of halogens is 2. The van der Waals surface area contributed by atoms with Crippen molar-refractivity contribution in [2.24, 2.45) is 0 Å². The molecule has 0 saturated carbocycles. The van der Waals surface area contributed by atoms with Crippen LogP contribution in [0.4, 0.5) is 0 Å². The molecule has 0 bridgehead atoms. The quantitative estimate of drug-likeness (QED) is 0.190. The van der Waals surface area contributed by atoms with E-state index in [9.17, 15) is 14.4 Å². The van der Waals surface area contributed by atoms with E-state index in [4.69, 9.17) is 32.9 Å². The highest BCUT2D eigenvalue weighted by atomic mass is 35.5. The first-order chi connectivity index (χ1) is 25.8. The van der Waals surface area contributed by atoms with E-state index in [1.807, 2.05) is 65.6 Å². The smallest absolute Gasteiger partial charge is 0.262 e. The van der Waals surface area contributed by atoms with Crippen LogP contribution in [0.3, 0.4) is 0 Å². The fraction of sp³-hybridized carbons (Fsp3) is 0.325. The zero-order chi connectivity index (χ0) is 36.6. The highest BCUT2D eigenvalue weighted by molar-refractivity contribution is 6.39. The fourth-order valence-electron chi connectivity index (χ4n) is 7.75. The Labute approximate surface area is 316 Å². The summed E-state index contributed by atoms with van der Waals surface area (Å²) < 4.78 is 7.23. The summed E-state index contributed by atoms with van der Waals surface area (Å²) in [5.74, 6) is 0.822. The molecule has 2 N–H and O–H groups in total. The van der Waals surface area contributed by atoms with Gasteiger partial charge in [-0.2, -0.15) is 0 Å². The van der Waals surface area contributed by atoms with Gasteiger partial charge in [0.05, 0.1) is 28.4 Å². The molecule has 3 aromatic heterocycles. The van der Waals surface area contributed by atoms with Crippen molar-refractivity contribution in [2.75, 3.05) is 33.3 Å². The van der Waals surface area contributed by atoms with E-state index >= 15 is 0 Å². The van der Waals surface area contributed by atoms with Gasteiger partial charge in [-0.25, -0.2) is 9.97 Å². The number of pyridine rings is 2. The van der Waals surface area contributed by atoms with Crippen LogP contribution in [0.5, 0.6) is 5.88 Å². The summed E-state index contributed by atoms with van der Waals surface area (Å²) in [4.78, 5) is 50.9. The number of hydrogen-bond donors (Lipinski definition) is 2. The van der Waals surface area contributed by atoms with Crippen molar-refractivity contribution in [2.45, 2.75) is 50.9 Å². The lowest BCUT2D eigenvalue weighted by Gasteiger charge is -2.37. The monoisotopic (exact) mass is 751 g/mol. The Hall–Kier alpha value is -4.81. The van der Waals surface area contributed by atoms with Gasteiger partial charge in [0, 0.05) is 104 Å². The van der Waals surface area contributed by atoms with E-state index < -0.39 is 0 Å². The number of carbonyl (C=O) groups excluding carboxylic acids is 2. The third-order valence-electron chi connectivity index (χ3n) is 10.6. The molecular weight excluding hydrogens is 713 g/mol. The first-order valence-corrected chi connectivity index (χ1v) is 18.7. The largest absolute Gasteiger partial charge is 0.481 e. The van der Waals surface area contributed by atoms with Crippen molar-refractivity contribution < 1.29 is 14.3 Å². The van der Waals surface area contributed by atoms with Crippen molar-refractivity contribution in [1.82, 2.24) is 34.8 Å². The lowest BCUT2D eigenvalue weighted by Crippen LogP contribution is -2.51. The molecule has 6 heterocycles. The third-order valence-corrected chi connectivity index (χ3v) is 11.4. The summed E-state index contributed by atoms with van der Waals surface area (Å²) in [6.07, 6.45) is 6.29. The number of carbonyl (C=O) groups is 2. The number of hydrogen-bond acceptors (Lipinski definition) is 8. The summed E-state index contributed by atoms with van der Waals surface area (Å²) in [6.45, 7) is 3.92. The van der Waals surface area contributed by atoms with Crippen LogP contribution in [0.2, 0.25) is 10.0 Å². The van der Waals surface area contributed by atoms with Crippen molar-refractivity contribution in [3.63, 3.8) is 0 Å². The fourth-order valence-corrected chi connectivity index (χ4v) is 8.41. The van der Waals surface area contributed by atoms with E-state index in [-0.39, 0.29) is 29.5 Å². The van der Waals surface area contributed by atoms with Crippen molar-refractivity contribution in [3.05, 3.63) is 105 Å². The van der Waals surface area contributed by atoms with Gasteiger partial charge in [0.2, 0.25) is 17.7 Å². The maximum atomic E-state index is 13.5. The van der Waals surface area contributed by atoms with Gasteiger partial charge in [-0.15, -0.1) is 0 Å². The molecule has 2 atom stereocenters. The molecule has 3 fully saturated rings. The standard InChI is InChI=1S/C40H39Cl2N7O4/c1-53-39-25(19-43-21-27-9-12-35(50)45-27)8-11-33(46-39)32-7-3-6-31(38(32)42)30-5-2-4-29(37(30)41)24-14-15-49-34(18-24)44-20-26(40(49)52)22-47-16-17-48-28(23-47)10-13-36(48)51/h2-8,11,14-15,18,20,27-28,43H,9-10,12-13,16-17,19,21-23H2,1H3,(H,45,50)/t27-,28-/m0/s1. The Morgan fingerprint density at radius 3 is 2.45 bits per heavy atom. The number of benzene rings is 2. The molecular formula is C40H39Cl2N7O4. The van der Waals surface area contributed by atoms with E-state index in [0.29, 0.717) is 71.9 Å². The lowest BCUT2D eigenvalue weighted by atomic mass is 9.97. The van der Waals surface area contributed by atoms with Crippen LogP contribution in [0.25, 0.3) is 39.2 Å². The Bertz CT molecular complexity index is 2300. The van der Waals surface area contributed by atoms with Crippen molar-refractivity contribution in [1.29, 1.82) is 0 Å². The van der Waals surface area contributed by atoms with Crippen LogP contribution < -0.4 is 20.9 Å². The number of nitrogens with zero attached hydrogens (tertiary/aromatic N) is 5. The molecule has 5 aromatic rings. The SMILES string of the molecule is COc1nc(-c2cccc(-c3cccc(-c4ccn5c(=O)c(CN6CCN7C(=O)CC[C@H]7C6)cnc5c4)c3Cl)c2Cl)ccc1CNC[C@@H]1CCC(=O)N1. The molecule has 0 radical (unpaired) electrons. The number of ether oxygens (including phenoxy) is 1. The number of methoxy groups -OCH3 is 1. The maximum absolute atomic E-state index is 13.5. The number of piperazine rings is 1.